The molecule has 3 unspecified atom stereocenters. The quantitative estimate of drug-likeness (QED) is 0.201. The molecule has 0 radical (unpaired) electrons. The van der Waals surface area contributed by atoms with Crippen molar-refractivity contribution in [2.75, 3.05) is 6.61 Å². The van der Waals surface area contributed by atoms with Crippen molar-refractivity contribution in [2.45, 2.75) is 103 Å². The van der Waals surface area contributed by atoms with Gasteiger partial charge in [-0.05, 0) is 67.7 Å². The van der Waals surface area contributed by atoms with E-state index in [1.807, 2.05) is 20.8 Å². The number of nitrogens with zero attached hydrogens (tertiary/aromatic N) is 1. The van der Waals surface area contributed by atoms with Gasteiger partial charge in [-0.15, -0.1) is 10.1 Å². The summed E-state index contributed by atoms with van der Waals surface area (Å²) in [6.45, 7) is 6.36. The molecule has 1 N–H and O–H groups in total. The summed E-state index contributed by atoms with van der Waals surface area (Å²) in [5, 5.41) is 21.6. The Hall–Kier alpha value is -3.80. The van der Waals surface area contributed by atoms with E-state index >= 15 is 4.39 Å². The van der Waals surface area contributed by atoms with Gasteiger partial charge < -0.3 is 24.2 Å². The largest absolute Gasteiger partial charge is 0.485 e. The van der Waals surface area contributed by atoms with Crippen molar-refractivity contribution < 1.29 is 48.0 Å². The van der Waals surface area contributed by atoms with Gasteiger partial charge in [-0.2, -0.15) is 0 Å². The second-order valence-corrected chi connectivity index (χ2v) is 14.2. The standard InChI is InChI=1S/C35H42FNO10/c1-5-6-7-29(41)47-35-20(2)14-25-24-13-12-23-15-26(38)30(44-17-21-8-10-22(11-9-21)18-46-37(42)43)31(45-19-28(35)40)33(23,4)34(24,36)27(39)16-32(25,35)3/h8-11,15,20,24-25,27,39H,5-7,12-14,16-19H2,1-4H3/t20?,24-,25?,27-,32-,33+,34?,35-/m0/s1. The maximum atomic E-state index is 18.3. The fourth-order valence-electron chi connectivity index (χ4n) is 9.69. The third kappa shape index (κ3) is 4.72. The number of rotatable bonds is 10. The van der Waals surface area contributed by atoms with Crippen molar-refractivity contribution in [1.29, 1.82) is 0 Å². The van der Waals surface area contributed by atoms with E-state index < -0.39 is 69.3 Å². The number of ether oxygens (including phenoxy) is 3. The van der Waals surface area contributed by atoms with Crippen LogP contribution in [0.1, 0.15) is 83.8 Å². The molecule has 0 amide bonds. The van der Waals surface area contributed by atoms with Crippen LogP contribution in [0.5, 0.6) is 0 Å². The van der Waals surface area contributed by atoms with Gasteiger partial charge in [0.1, 0.15) is 13.2 Å². The molecule has 12 heteroatoms. The molecule has 1 aliphatic heterocycles. The lowest BCUT2D eigenvalue weighted by molar-refractivity contribution is -0.763. The Morgan fingerprint density at radius 3 is 2.49 bits per heavy atom. The number of alkyl halides is 1. The number of benzene rings is 1. The first kappa shape index (κ1) is 33.1. The van der Waals surface area contributed by atoms with E-state index in [4.69, 9.17) is 14.2 Å². The molecule has 4 aliphatic carbocycles. The average molecular weight is 656 g/mol. The highest BCUT2D eigenvalue weighted by Gasteiger charge is 2.79. The maximum Gasteiger partial charge on any atom is 0.306 e. The predicted octanol–water partition coefficient (Wildman–Crippen LogP) is 5.26. The molecule has 6 rings (SSSR count). The zero-order valence-electron chi connectivity index (χ0n) is 27.2. The van der Waals surface area contributed by atoms with Gasteiger partial charge in [0.15, 0.2) is 23.6 Å². The van der Waals surface area contributed by atoms with Crippen LogP contribution in [0.2, 0.25) is 0 Å². The Morgan fingerprint density at radius 1 is 1.15 bits per heavy atom. The van der Waals surface area contributed by atoms with Crippen LogP contribution in [0, 0.1) is 38.7 Å². The Bertz CT molecular complexity index is 1560. The molecule has 3 saturated carbocycles. The maximum absolute atomic E-state index is 18.3. The van der Waals surface area contributed by atoms with Crippen LogP contribution in [0.3, 0.4) is 0 Å². The predicted molar refractivity (Wildman–Crippen MR) is 163 cm³/mol. The van der Waals surface area contributed by atoms with Gasteiger partial charge in [0, 0.05) is 23.7 Å². The lowest BCUT2D eigenvalue weighted by atomic mass is 9.44. The number of hydrogen-bond donors (Lipinski definition) is 1. The molecular weight excluding hydrogens is 613 g/mol. The molecule has 47 heavy (non-hydrogen) atoms. The van der Waals surface area contributed by atoms with Gasteiger partial charge in [-0.3, -0.25) is 14.4 Å². The normalized spacial score (nSPS) is 37.2. The van der Waals surface area contributed by atoms with Crippen molar-refractivity contribution in [3.8, 4) is 0 Å². The molecule has 1 heterocycles. The summed E-state index contributed by atoms with van der Waals surface area (Å²) in [5.74, 6) is -3.48. The molecule has 11 nitrogen and oxygen atoms in total. The number of halogens is 1. The number of aliphatic hydroxyl groups is 1. The number of esters is 1. The minimum atomic E-state index is -2.27. The van der Waals surface area contributed by atoms with Gasteiger partial charge in [0.2, 0.25) is 17.3 Å². The number of unbranched alkanes of at least 4 members (excludes halogenated alkanes) is 1. The van der Waals surface area contributed by atoms with Crippen molar-refractivity contribution in [3.63, 3.8) is 0 Å². The molecule has 1 aromatic carbocycles. The number of hydrogen-bond acceptors (Lipinski definition) is 10. The highest BCUT2D eigenvalue weighted by atomic mass is 19.1. The highest BCUT2D eigenvalue weighted by molar-refractivity contribution is 6.05. The SMILES string of the molecule is CCCCC(=O)O[C@]12C(=O)COC3=C(OCc4ccc(CO[N+](=O)[O-])cc4)C(=O)C=C4CC[C@H]5C(CC1C)[C@]2(C)C[C@H](O)C5(F)[C@]43C. The second-order valence-electron chi connectivity index (χ2n) is 14.2. The van der Waals surface area contributed by atoms with E-state index in [0.717, 1.165) is 6.42 Å². The van der Waals surface area contributed by atoms with E-state index in [9.17, 15) is 29.6 Å². The van der Waals surface area contributed by atoms with E-state index in [0.29, 0.717) is 42.4 Å². The summed E-state index contributed by atoms with van der Waals surface area (Å²) < 4.78 is 36.9. The third-order valence-corrected chi connectivity index (χ3v) is 11.9. The number of ketones is 2. The molecule has 6 bridgehead atoms. The smallest absolute Gasteiger partial charge is 0.306 e. The fraction of sp³-hybridized carbons (Fsp3) is 0.629. The summed E-state index contributed by atoms with van der Waals surface area (Å²) >= 11 is 0. The zero-order valence-corrected chi connectivity index (χ0v) is 27.2. The number of allylic oxidation sites excluding steroid dienone is 2. The van der Waals surface area contributed by atoms with Gasteiger partial charge in [-0.25, -0.2) is 4.39 Å². The Balaban J connectivity index is 1.42. The molecule has 0 aromatic heterocycles. The van der Waals surface area contributed by atoms with Crippen LogP contribution >= 0.6 is 0 Å². The van der Waals surface area contributed by atoms with Crippen molar-refractivity contribution >= 4 is 17.5 Å². The summed E-state index contributed by atoms with van der Waals surface area (Å²) in [7, 11) is 0. The van der Waals surface area contributed by atoms with E-state index in [1.165, 1.54) is 6.08 Å². The summed E-state index contributed by atoms with van der Waals surface area (Å²) in [5.41, 5.74) is -4.90. The first-order valence-electron chi connectivity index (χ1n) is 16.5. The van der Waals surface area contributed by atoms with Crippen LogP contribution in [0.4, 0.5) is 4.39 Å². The Labute approximate surface area is 272 Å². The number of carbonyl (C=O) groups is 3. The number of carbonyl (C=O) groups excluding carboxylic acids is 3. The van der Waals surface area contributed by atoms with Crippen molar-refractivity contribution in [3.05, 3.63) is 68.7 Å². The van der Waals surface area contributed by atoms with Crippen molar-refractivity contribution in [2.24, 2.45) is 28.6 Å². The Kier molecular flexibility index (Phi) is 8.25. The third-order valence-electron chi connectivity index (χ3n) is 11.9. The molecule has 254 valence electrons. The first-order chi connectivity index (χ1) is 22.2. The minimum absolute atomic E-state index is 0.103. The molecular formula is C35H42FNO10. The van der Waals surface area contributed by atoms with Crippen LogP contribution in [-0.4, -0.2) is 51.7 Å². The monoisotopic (exact) mass is 655 g/mol. The fourth-order valence-corrected chi connectivity index (χ4v) is 9.69. The number of Topliss-reactive ketones (excluding diaryl/α,β-unsaturated/α-hetero) is 1. The second kappa shape index (κ2) is 11.7. The van der Waals surface area contributed by atoms with Gasteiger partial charge in [0.05, 0.1) is 11.5 Å². The van der Waals surface area contributed by atoms with E-state index in [2.05, 4.69) is 4.84 Å². The lowest BCUT2D eigenvalue weighted by Gasteiger charge is -2.64. The molecule has 0 spiro atoms. The average Bonchev–Trinajstić information content (AvgIpc) is 3.24. The summed E-state index contributed by atoms with van der Waals surface area (Å²) in [6, 6.07) is 6.56. The van der Waals surface area contributed by atoms with Gasteiger partial charge in [0.25, 0.3) is 5.09 Å². The lowest BCUT2D eigenvalue weighted by Crippen LogP contribution is -2.71. The minimum Gasteiger partial charge on any atom is -0.485 e. The van der Waals surface area contributed by atoms with Crippen molar-refractivity contribution in [1.82, 2.24) is 0 Å². The van der Waals surface area contributed by atoms with Crippen LogP contribution in [-0.2, 0) is 46.6 Å². The van der Waals surface area contributed by atoms with Crippen LogP contribution < -0.4 is 0 Å². The van der Waals surface area contributed by atoms with Crippen LogP contribution in [0.15, 0.2) is 47.4 Å². The molecule has 8 atom stereocenters. The van der Waals surface area contributed by atoms with E-state index in [1.54, 1.807) is 31.2 Å². The summed E-state index contributed by atoms with van der Waals surface area (Å²) in [6.07, 6.45) is 2.37. The van der Waals surface area contributed by atoms with Crippen LogP contribution in [0.25, 0.3) is 0 Å². The first-order valence-corrected chi connectivity index (χ1v) is 16.5. The zero-order chi connectivity index (χ0) is 33.9. The molecule has 5 aliphatic rings. The topological polar surface area (TPSA) is 152 Å². The van der Waals surface area contributed by atoms with Gasteiger partial charge >= 0.3 is 5.97 Å². The summed E-state index contributed by atoms with van der Waals surface area (Å²) in [4.78, 5) is 56.3. The molecule has 1 aromatic rings. The highest BCUT2D eigenvalue weighted by Crippen LogP contribution is 2.73. The molecule has 1 saturated heterocycles. The Morgan fingerprint density at radius 2 is 1.83 bits per heavy atom. The number of aliphatic hydroxyl groups excluding tert-OH is 1. The molecule has 4 fully saturated rings. The van der Waals surface area contributed by atoms with Gasteiger partial charge in [-0.1, -0.05) is 51.5 Å². The van der Waals surface area contributed by atoms with E-state index in [-0.39, 0.29) is 43.5 Å².